The number of hydrogen-bond donors (Lipinski definition) is 0. The van der Waals surface area contributed by atoms with Gasteiger partial charge in [-0.25, -0.2) is 0 Å². The first-order valence-corrected chi connectivity index (χ1v) is 10.4. The number of rotatable bonds is 9. The molecule has 2 aromatic carbocycles. The zero-order chi connectivity index (χ0) is 21.3. The van der Waals surface area contributed by atoms with Gasteiger partial charge < -0.3 is 23.7 Å². The van der Waals surface area contributed by atoms with Crippen molar-refractivity contribution in [3.63, 3.8) is 0 Å². The second-order valence-electron chi connectivity index (χ2n) is 7.03. The van der Waals surface area contributed by atoms with Gasteiger partial charge in [-0.05, 0) is 11.1 Å². The highest BCUT2D eigenvalue weighted by Gasteiger charge is 2.49. The number of carbonyl (C=O) groups excluding carboxylic acids is 1. The number of esters is 1. The van der Waals surface area contributed by atoms with Crippen LogP contribution in [0.1, 0.15) is 18.1 Å². The molecule has 0 saturated carbocycles. The van der Waals surface area contributed by atoms with Crippen molar-refractivity contribution < 1.29 is 28.5 Å². The lowest BCUT2D eigenvalue weighted by Crippen LogP contribution is -2.61. The van der Waals surface area contributed by atoms with Gasteiger partial charge in [-0.2, -0.15) is 0 Å². The molecule has 1 aliphatic heterocycles. The molecule has 1 aliphatic rings. The van der Waals surface area contributed by atoms with Crippen LogP contribution in [-0.2, 0) is 41.7 Å². The summed E-state index contributed by atoms with van der Waals surface area (Å²) in [7, 11) is 1.54. The van der Waals surface area contributed by atoms with E-state index in [9.17, 15) is 4.79 Å². The summed E-state index contributed by atoms with van der Waals surface area (Å²) in [6, 6.07) is 19.5. The van der Waals surface area contributed by atoms with Crippen LogP contribution < -0.4 is 0 Å². The summed E-state index contributed by atoms with van der Waals surface area (Å²) < 4.78 is 29.4. The minimum Gasteiger partial charge on any atom is -0.457 e. The molecule has 1 saturated heterocycles. The second kappa shape index (κ2) is 11.4. The molecule has 0 aromatic heterocycles. The highest BCUT2D eigenvalue weighted by atomic mass is 35.5. The maximum atomic E-state index is 11.8. The van der Waals surface area contributed by atoms with Crippen LogP contribution in [0.15, 0.2) is 60.7 Å². The standard InChI is InChI=1S/C23H27ClO6/c1-16(25)29-20-19(13-24)30-23(26-2)22(28-15-18-11-7-4-8-12-18)21(20)27-14-17-9-5-3-6-10-17/h3-12,19-23H,13-15H2,1-2H3/t19-,20-,21+,22-,23+/m1/s1. The van der Waals surface area contributed by atoms with Crippen LogP contribution in [0.2, 0.25) is 0 Å². The minimum absolute atomic E-state index is 0.119. The van der Waals surface area contributed by atoms with Gasteiger partial charge in [0.1, 0.15) is 18.3 Å². The van der Waals surface area contributed by atoms with Gasteiger partial charge in [0.2, 0.25) is 0 Å². The molecule has 7 heteroatoms. The van der Waals surface area contributed by atoms with Crippen molar-refractivity contribution in [2.45, 2.75) is 50.8 Å². The molecule has 0 spiro atoms. The number of methoxy groups -OCH3 is 1. The number of carbonyl (C=O) groups is 1. The molecule has 30 heavy (non-hydrogen) atoms. The van der Waals surface area contributed by atoms with Crippen molar-refractivity contribution in [2.24, 2.45) is 0 Å². The largest absolute Gasteiger partial charge is 0.457 e. The first kappa shape index (κ1) is 22.7. The lowest BCUT2D eigenvalue weighted by molar-refractivity contribution is -0.308. The second-order valence-corrected chi connectivity index (χ2v) is 7.34. The Bertz CT molecular complexity index is 772. The van der Waals surface area contributed by atoms with Crippen molar-refractivity contribution in [3.8, 4) is 0 Å². The summed E-state index contributed by atoms with van der Waals surface area (Å²) >= 11 is 6.12. The quantitative estimate of drug-likeness (QED) is 0.443. The molecule has 0 bridgehead atoms. The molecule has 0 amide bonds. The van der Waals surface area contributed by atoms with Crippen molar-refractivity contribution in [1.82, 2.24) is 0 Å². The zero-order valence-electron chi connectivity index (χ0n) is 17.1. The Hall–Kier alpha value is -1.96. The van der Waals surface area contributed by atoms with E-state index < -0.39 is 36.7 Å². The summed E-state index contributed by atoms with van der Waals surface area (Å²) in [5, 5.41) is 0. The van der Waals surface area contributed by atoms with Gasteiger partial charge in [-0.1, -0.05) is 60.7 Å². The van der Waals surface area contributed by atoms with Gasteiger partial charge in [-0.3, -0.25) is 4.79 Å². The average molecular weight is 435 g/mol. The fourth-order valence-corrected chi connectivity index (χ4v) is 3.67. The molecule has 1 fully saturated rings. The first-order valence-electron chi connectivity index (χ1n) is 9.85. The molecule has 0 aliphatic carbocycles. The highest BCUT2D eigenvalue weighted by molar-refractivity contribution is 6.18. The predicted octanol–water partition coefficient (Wildman–Crippen LogP) is 3.70. The topological polar surface area (TPSA) is 63.2 Å². The Morgan fingerprint density at radius 3 is 1.90 bits per heavy atom. The lowest BCUT2D eigenvalue weighted by Gasteiger charge is -2.44. The highest BCUT2D eigenvalue weighted by Crippen LogP contribution is 2.30. The maximum Gasteiger partial charge on any atom is 0.303 e. The number of ether oxygens (including phenoxy) is 5. The number of alkyl halides is 1. The molecule has 6 nitrogen and oxygen atoms in total. The number of hydrogen-bond acceptors (Lipinski definition) is 6. The van der Waals surface area contributed by atoms with Gasteiger partial charge in [0, 0.05) is 14.0 Å². The average Bonchev–Trinajstić information content (AvgIpc) is 2.77. The monoisotopic (exact) mass is 434 g/mol. The number of benzene rings is 2. The Morgan fingerprint density at radius 1 is 0.900 bits per heavy atom. The Morgan fingerprint density at radius 2 is 1.43 bits per heavy atom. The summed E-state index contributed by atoms with van der Waals surface area (Å²) in [6.45, 7) is 2.00. The van der Waals surface area contributed by atoms with Crippen molar-refractivity contribution >= 4 is 17.6 Å². The molecule has 0 radical (unpaired) electrons. The molecule has 0 N–H and O–H groups in total. The maximum absolute atomic E-state index is 11.8. The smallest absolute Gasteiger partial charge is 0.303 e. The summed E-state index contributed by atoms with van der Waals surface area (Å²) in [4.78, 5) is 11.8. The Labute approximate surface area is 182 Å². The third-order valence-electron chi connectivity index (χ3n) is 4.85. The third-order valence-corrected chi connectivity index (χ3v) is 5.15. The van der Waals surface area contributed by atoms with Crippen molar-refractivity contribution in [2.75, 3.05) is 13.0 Å². The summed E-state index contributed by atoms with van der Waals surface area (Å²) in [6.07, 6.45) is -3.28. The van der Waals surface area contributed by atoms with Crippen molar-refractivity contribution in [1.29, 1.82) is 0 Å². The van der Waals surface area contributed by atoms with Crippen LogP contribution >= 0.6 is 11.6 Å². The van der Waals surface area contributed by atoms with E-state index in [2.05, 4.69) is 0 Å². The van der Waals surface area contributed by atoms with Crippen LogP contribution in [0, 0.1) is 0 Å². The zero-order valence-corrected chi connectivity index (χ0v) is 17.9. The molecule has 162 valence electrons. The first-order chi connectivity index (χ1) is 14.6. The van der Waals surface area contributed by atoms with Gasteiger partial charge in [-0.15, -0.1) is 11.6 Å². The molecule has 2 aromatic rings. The van der Waals surface area contributed by atoms with Gasteiger partial charge in [0.05, 0.1) is 19.1 Å². The molecule has 3 rings (SSSR count). The fourth-order valence-electron chi connectivity index (χ4n) is 3.43. The van der Waals surface area contributed by atoms with E-state index in [1.54, 1.807) is 0 Å². The van der Waals surface area contributed by atoms with Crippen LogP contribution in [0.3, 0.4) is 0 Å². The van der Waals surface area contributed by atoms with E-state index in [-0.39, 0.29) is 5.88 Å². The predicted molar refractivity (Wildman–Crippen MR) is 112 cm³/mol. The minimum atomic E-state index is -0.726. The van der Waals surface area contributed by atoms with E-state index in [4.69, 9.17) is 35.3 Å². The van der Waals surface area contributed by atoms with Gasteiger partial charge in [0.15, 0.2) is 12.4 Å². The van der Waals surface area contributed by atoms with Crippen LogP contribution in [0.4, 0.5) is 0 Å². The van der Waals surface area contributed by atoms with E-state index >= 15 is 0 Å². The van der Waals surface area contributed by atoms with Crippen LogP contribution in [0.5, 0.6) is 0 Å². The number of halogens is 1. The van der Waals surface area contributed by atoms with Gasteiger partial charge >= 0.3 is 5.97 Å². The van der Waals surface area contributed by atoms with E-state index in [1.165, 1.54) is 14.0 Å². The van der Waals surface area contributed by atoms with E-state index in [1.807, 2.05) is 60.7 Å². The third kappa shape index (κ3) is 6.03. The molecule has 1 heterocycles. The van der Waals surface area contributed by atoms with Crippen LogP contribution in [-0.4, -0.2) is 49.7 Å². The van der Waals surface area contributed by atoms with Crippen molar-refractivity contribution in [3.05, 3.63) is 71.8 Å². The molecule has 0 unspecified atom stereocenters. The van der Waals surface area contributed by atoms with Crippen LogP contribution in [0.25, 0.3) is 0 Å². The van der Waals surface area contributed by atoms with E-state index in [0.717, 1.165) is 11.1 Å². The SMILES string of the molecule is CO[C@H]1O[C@H](CCl)[C@@H](OC(C)=O)[C@H](OCc2ccccc2)[C@H]1OCc1ccccc1. The summed E-state index contributed by atoms with van der Waals surface area (Å²) in [5.74, 6) is -0.321. The lowest BCUT2D eigenvalue weighted by atomic mass is 9.98. The van der Waals surface area contributed by atoms with Gasteiger partial charge in [0.25, 0.3) is 0 Å². The molecular formula is C23H27ClO6. The summed E-state index contributed by atoms with van der Waals surface area (Å²) in [5.41, 5.74) is 1.99. The molecule has 5 atom stereocenters. The fraction of sp³-hybridized carbons (Fsp3) is 0.435. The normalized spacial score (nSPS) is 26.3. The Kier molecular flexibility index (Phi) is 8.66. The molecular weight excluding hydrogens is 408 g/mol. The van der Waals surface area contributed by atoms with E-state index in [0.29, 0.717) is 13.2 Å². The Balaban J connectivity index is 1.83.